The maximum Gasteiger partial charge on any atom is 0.119 e. The smallest absolute Gasteiger partial charge is 0.119 e. The van der Waals surface area contributed by atoms with Crippen molar-refractivity contribution in [3.8, 4) is 5.75 Å². The summed E-state index contributed by atoms with van der Waals surface area (Å²) in [6.07, 6.45) is 7.04. The Balaban J connectivity index is 2.32. The van der Waals surface area contributed by atoms with E-state index in [1.54, 1.807) is 6.26 Å². The molecule has 23 heavy (non-hydrogen) atoms. The summed E-state index contributed by atoms with van der Waals surface area (Å²) in [5.41, 5.74) is 1.30. The number of hydrogen-bond acceptors (Lipinski definition) is 3. The summed E-state index contributed by atoms with van der Waals surface area (Å²) in [6.45, 7) is 9.79. The average molecular weight is 339 g/mol. The second-order valence-corrected chi connectivity index (χ2v) is 7.71. The second-order valence-electron chi connectivity index (χ2n) is 6.33. The van der Waals surface area contributed by atoms with Gasteiger partial charge < -0.3 is 9.47 Å². The van der Waals surface area contributed by atoms with Crippen molar-refractivity contribution in [2.24, 2.45) is 0 Å². The van der Waals surface area contributed by atoms with Crippen LogP contribution in [0.15, 0.2) is 40.8 Å². The van der Waals surface area contributed by atoms with Gasteiger partial charge in [0.25, 0.3) is 0 Å². The first-order valence-electron chi connectivity index (χ1n) is 8.20. The first kappa shape index (κ1) is 19.9. The Kier molecular flexibility index (Phi) is 8.56. The van der Waals surface area contributed by atoms with Crippen LogP contribution in [0, 0.1) is 0 Å². The summed E-state index contributed by atoms with van der Waals surface area (Å²) in [7, 11) is -0.941. The van der Waals surface area contributed by atoms with Crippen molar-refractivity contribution in [2.45, 2.75) is 57.5 Å². The largest absolute Gasteiger partial charge is 0.490 e. The lowest BCUT2D eigenvalue weighted by Gasteiger charge is -2.24. The number of hydrogen-bond donors (Lipinski definition) is 0. The Hall–Kier alpha value is -1.13. The Morgan fingerprint density at radius 2 is 1.91 bits per heavy atom. The van der Waals surface area contributed by atoms with E-state index in [2.05, 4.69) is 26.8 Å². The fourth-order valence-corrected chi connectivity index (χ4v) is 2.88. The van der Waals surface area contributed by atoms with E-state index in [0.29, 0.717) is 6.61 Å². The standard InChI is InChI=1S/C19H30O3S/c1-6-22-19(3,4)14-7-8-16(2)13-15-21-17-9-11-18(12-10-17)23(5)20/h9-13H,6-8,14-15H2,1-5H3. The van der Waals surface area contributed by atoms with E-state index in [4.69, 9.17) is 9.47 Å². The molecule has 0 saturated carbocycles. The monoisotopic (exact) mass is 338 g/mol. The molecule has 0 bridgehead atoms. The Morgan fingerprint density at radius 3 is 2.48 bits per heavy atom. The van der Waals surface area contributed by atoms with Gasteiger partial charge in [-0.1, -0.05) is 5.57 Å². The summed E-state index contributed by atoms with van der Waals surface area (Å²) < 4.78 is 22.7. The molecule has 0 amide bonds. The van der Waals surface area contributed by atoms with Crippen molar-refractivity contribution < 1.29 is 13.7 Å². The van der Waals surface area contributed by atoms with Crippen LogP contribution in [0.1, 0.15) is 47.0 Å². The van der Waals surface area contributed by atoms with Crippen molar-refractivity contribution in [1.29, 1.82) is 0 Å². The molecular weight excluding hydrogens is 308 g/mol. The number of benzene rings is 1. The van der Waals surface area contributed by atoms with Gasteiger partial charge in [0.1, 0.15) is 12.4 Å². The number of ether oxygens (including phenoxy) is 2. The third-order valence-electron chi connectivity index (χ3n) is 3.72. The lowest BCUT2D eigenvalue weighted by Crippen LogP contribution is -2.24. The van der Waals surface area contributed by atoms with E-state index in [1.165, 1.54) is 5.57 Å². The fourth-order valence-electron chi connectivity index (χ4n) is 2.37. The maximum absolute atomic E-state index is 11.3. The fraction of sp³-hybridized carbons (Fsp3) is 0.579. The first-order chi connectivity index (χ1) is 10.8. The Morgan fingerprint density at radius 1 is 1.26 bits per heavy atom. The quantitative estimate of drug-likeness (QED) is 0.578. The van der Waals surface area contributed by atoms with Crippen molar-refractivity contribution in [3.63, 3.8) is 0 Å². The van der Waals surface area contributed by atoms with Crippen LogP contribution in [0.5, 0.6) is 5.75 Å². The Labute approximate surface area is 143 Å². The molecular formula is C19H30O3S. The lowest BCUT2D eigenvalue weighted by atomic mass is 9.99. The van der Waals surface area contributed by atoms with Gasteiger partial charge in [0, 0.05) is 28.6 Å². The highest BCUT2D eigenvalue weighted by atomic mass is 32.2. The summed E-state index contributed by atoms with van der Waals surface area (Å²) in [5, 5.41) is 0. The van der Waals surface area contributed by atoms with Gasteiger partial charge in [-0.2, -0.15) is 0 Å². The molecule has 0 aromatic heterocycles. The number of allylic oxidation sites excluding steroid dienone is 1. The molecule has 0 aliphatic heterocycles. The molecule has 1 rings (SSSR count). The molecule has 4 heteroatoms. The van der Waals surface area contributed by atoms with Crippen molar-refractivity contribution in [2.75, 3.05) is 19.5 Å². The summed E-state index contributed by atoms with van der Waals surface area (Å²) in [6, 6.07) is 7.42. The van der Waals surface area contributed by atoms with Crippen molar-refractivity contribution in [3.05, 3.63) is 35.9 Å². The molecule has 0 heterocycles. The predicted octanol–water partition coefficient (Wildman–Crippen LogP) is 4.73. The molecule has 1 aromatic carbocycles. The molecule has 0 aliphatic rings. The van der Waals surface area contributed by atoms with Crippen LogP contribution in [0.4, 0.5) is 0 Å². The van der Waals surface area contributed by atoms with E-state index in [9.17, 15) is 4.21 Å². The molecule has 0 N–H and O–H groups in total. The molecule has 0 radical (unpaired) electrons. The van der Waals surface area contributed by atoms with Crippen LogP contribution < -0.4 is 4.74 Å². The van der Waals surface area contributed by atoms with Gasteiger partial charge in [0.2, 0.25) is 0 Å². The van der Waals surface area contributed by atoms with Gasteiger partial charge >= 0.3 is 0 Å². The molecule has 130 valence electrons. The van der Waals surface area contributed by atoms with E-state index in [-0.39, 0.29) is 5.60 Å². The predicted molar refractivity (Wildman–Crippen MR) is 97.6 cm³/mol. The molecule has 1 aromatic rings. The topological polar surface area (TPSA) is 35.5 Å². The summed E-state index contributed by atoms with van der Waals surface area (Å²) in [4.78, 5) is 0.820. The van der Waals surface area contributed by atoms with Crippen LogP contribution in [0.25, 0.3) is 0 Å². The van der Waals surface area contributed by atoms with Gasteiger partial charge in [0.15, 0.2) is 0 Å². The molecule has 1 unspecified atom stereocenters. The maximum atomic E-state index is 11.3. The zero-order valence-electron chi connectivity index (χ0n) is 15.1. The summed E-state index contributed by atoms with van der Waals surface area (Å²) >= 11 is 0. The van der Waals surface area contributed by atoms with E-state index in [0.717, 1.165) is 36.5 Å². The van der Waals surface area contributed by atoms with Crippen molar-refractivity contribution in [1.82, 2.24) is 0 Å². The van der Waals surface area contributed by atoms with Gasteiger partial charge in [-0.15, -0.1) is 0 Å². The van der Waals surface area contributed by atoms with Crippen LogP contribution in [-0.2, 0) is 15.5 Å². The molecule has 0 aliphatic carbocycles. The second kappa shape index (κ2) is 9.89. The van der Waals surface area contributed by atoms with Gasteiger partial charge in [-0.25, -0.2) is 0 Å². The third kappa shape index (κ3) is 8.33. The third-order valence-corrected chi connectivity index (χ3v) is 4.66. The van der Waals surface area contributed by atoms with Gasteiger partial charge in [0.05, 0.1) is 5.60 Å². The number of rotatable bonds is 10. The minimum atomic E-state index is -0.941. The average Bonchev–Trinajstić information content (AvgIpc) is 2.47. The van der Waals surface area contributed by atoms with E-state index < -0.39 is 10.8 Å². The first-order valence-corrected chi connectivity index (χ1v) is 9.76. The highest BCUT2D eigenvalue weighted by Crippen LogP contribution is 2.20. The van der Waals surface area contributed by atoms with Crippen LogP contribution in [0.3, 0.4) is 0 Å². The minimum absolute atomic E-state index is 0.0351. The minimum Gasteiger partial charge on any atom is -0.490 e. The molecule has 0 saturated heterocycles. The SMILES string of the molecule is CCOC(C)(C)CCCC(C)=CCOc1ccc(S(C)=O)cc1. The van der Waals surface area contributed by atoms with Gasteiger partial charge in [-0.3, -0.25) is 4.21 Å². The zero-order chi connectivity index (χ0) is 17.3. The highest BCUT2D eigenvalue weighted by molar-refractivity contribution is 7.84. The lowest BCUT2D eigenvalue weighted by molar-refractivity contribution is -0.0173. The van der Waals surface area contributed by atoms with Gasteiger partial charge in [-0.05, 0) is 77.3 Å². The normalized spacial score (nSPS) is 13.9. The molecule has 3 nitrogen and oxygen atoms in total. The summed E-state index contributed by atoms with van der Waals surface area (Å²) in [5.74, 6) is 0.806. The van der Waals surface area contributed by atoms with E-state index in [1.807, 2.05) is 31.2 Å². The highest BCUT2D eigenvalue weighted by Gasteiger charge is 2.16. The zero-order valence-corrected chi connectivity index (χ0v) is 15.9. The molecule has 1 atom stereocenters. The molecule has 0 fully saturated rings. The van der Waals surface area contributed by atoms with Crippen molar-refractivity contribution >= 4 is 10.8 Å². The van der Waals surface area contributed by atoms with Crippen LogP contribution >= 0.6 is 0 Å². The Bertz CT molecular complexity index is 518. The van der Waals surface area contributed by atoms with Crippen LogP contribution in [0.2, 0.25) is 0 Å². The molecule has 0 spiro atoms. The van der Waals surface area contributed by atoms with E-state index >= 15 is 0 Å². The van der Waals surface area contributed by atoms with Crippen LogP contribution in [-0.4, -0.2) is 29.3 Å².